The average molecular weight is 479 g/mol. The lowest BCUT2D eigenvalue weighted by Gasteiger charge is -2.13. The summed E-state index contributed by atoms with van der Waals surface area (Å²) in [6, 6.07) is 17.5. The number of nitrogens with one attached hydrogen (secondary N) is 2. The Hall–Kier alpha value is -4.11. The highest BCUT2D eigenvalue weighted by Gasteiger charge is 2.19. The summed E-state index contributed by atoms with van der Waals surface area (Å²) in [5.74, 6) is -3.51. The van der Waals surface area contributed by atoms with Gasteiger partial charge in [0.2, 0.25) is 5.91 Å². The van der Waals surface area contributed by atoms with Crippen molar-refractivity contribution in [2.24, 2.45) is 0 Å². The second kappa shape index (κ2) is 10.7. The van der Waals surface area contributed by atoms with Gasteiger partial charge in [-0.25, -0.2) is 9.59 Å². The number of hydrogen-bond donors (Lipinski definition) is 4. The molecular formula is C25H22N2O6S. The van der Waals surface area contributed by atoms with Gasteiger partial charge in [0.15, 0.2) is 0 Å². The van der Waals surface area contributed by atoms with Crippen LogP contribution in [0.15, 0.2) is 71.6 Å². The molecule has 0 aromatic heterocycles. The topological polar surface area (TPSA) is 133 Å². The lowest BCUT2D eigenvalue weighted by atomic mass is 10.0. The standard InChI is InChI=1S/C25H22N2O6S/c1-14-3-6-17(7-4-14)26-22(28)15(2)34-19-10-8-18(9-11-19)27-23(29)20-12-5-16(24(30)31)13-21(20)25(32)33/h3-13,15H,1-2H3,(H,26,28)(H,27,29)(H,30,31)(H,32,33). The molecular weight excluding hydrogens is 456 g/mol. The maximum Gasteiger partial charge on any atom is 0.336 e. The third-order valence-corrected chi connectivity index (χ3v) is 5.97. The predicted molar refractivity (Wildman–Crippen MR) is 130 cm³/mol. The fraction of sp³-hybridized carbons (Fsp3) is 0.120. The normalized spacial score (nSPS) is 11.4. The molecule has 3 rings (SSSR count). The number of aryl methyl sites for hydroxylation is 1. The number of amides is 2. The zero-order valence-electron chi connectivity index (χ0n) is 18.4. The maximum atomic E-state index is 12.6. The van der Waals surface area contributed by atoms with Crippen LogP contribution in [0.4, 0.5) is 11.4 Å². The fourth-order valence-corrected chi connectivity index (χ4v) is 3.87. The van der Waals surface area contributed by atoms with E-state index in [4.69, 9.17) is 5.11 Å². The molecule has 1 unspecified atom stereocenters. The van der Waals surface area contributed by atoms with Crippen molar-refractivity contribution in [2.75, 3.05) is 10.6 Å². The quantitative estimate of drug-likeness (QED) is 0.343. The molecule has 0 aliphatic carbocycles. The first kappa shape index (κ1) is 24.5. The van der Waals surface area contributed by atoms with E-state index in [0.29, 0.717) is 5.69 Å². The minimum absolute atomic E-state index is 0.141. The number of anilines is 2. The molecule has 3 aromatic carbocycles. The van der Waals surface area contributed by atoms with Crippen LogP contribution in [0, 0.1) is 6.92 Å². The summed E-state index contributed by atoms with van der Waals surface area (Å²) in [7, 11) is 0. The van der Waals surface area contributed by atoms with Gasteiger partial charge < -0.3 is 20.8 Å². The number of carboxylic acids is 2. The van der Waals surface area contributed by atoms with Gasteiger partial charge in [-0.05, 0) is 68.4 Å². The highest BCUT2D eigenvalue weighted by molar-refractivity contribution is 8.00. The molecule has 1 atom stereocenters. The maximum absolute atomic E-state index is 12.6. The molecule has 174 valence electrons. The number of rotatable bonds is 8. The molecule has 34 heavy (non-hydrogen) atoms. The monoisotopic (exact) mass is 478 g/mol. The predicted octanol–water partition coefficient (Wildman–Crippen LogP) is 4.76. The molecule has 0 bridgehead atoms. The molecule has 0 heterocycles. The number of benzene rings is 3. The third-order valence-electron chi connectivity index (χ3n) is 4.85. The van der Waals surface area contributed by atoms with Crippen LogP contribution in [0.3, 0.4) is 0 Å². The Morgan fingerprint density at radius 1 is 0.765 bits per heavy atom. The smallest absolute Gasteiger partial charge is 0.336 e. The zero-order valence-corrected chi connectivity index (χ0v) is 19.2. The first-order valence-electron chi connectivity index (χ1n) is 10.2. The Kier molecular flexibility index (Phi) is 7.70. The summed E-state index contributed by atoms with van der Waals surface area (Å²) < 4.78 is 0. The highest BCUT2D eigenvalue weighted by Crippen LogP contribution is 2.26. The fourth-order valence-electron chi connectivity index (χ4n) is 3.01. The first-order chi connectivity index (χ1) is 16.1. The number of hydrogen-bond acceptors (Lipinski definition) is 5. The number of carbonyl (C=O) groups excluding carboxylic acids is 2. The summed E-state index contributed by atoms with van der Waals surface area (Å²) in [6.07, 6.45) is 0. The third kappa shape index (κ3) is 6.23. The molecule has 0 aliphatic heterocycles. The summed E-state index contributed by atoms with van der Waals surface area (Å²) in [4.78, 5) is 48.4. The van der Waals surface area contributed by atoms with Gasteiger partial charge >= 0.3 is 11.9 Å². The molecule has 4 N–H and O–H groups in total. The van der Waals surface area contributed by atoms with Gasteiger partial charge in [0.1, 0.15) is 0 Å². The summed E-state index contributed by atoms with van der Waals surface area (Å²) in [5.41, 5.74) is 1.46. The largest absolute Gasteiger partial charge is 0.478 e. The molecule has 8 nitrogen and oxygen atoms in total. The van der Waals surface area contributed by atoms with Crippen molar-refractivity contribution in [2.45, 2.75) is 24.0 Å². The molecule has 0 radical (unpaired) electrons. The van der Waals surface area contributed by atoms with E-state index in [1.165, 1.54) is 23.9 Å². The lowest BCUT2D eigenvalue weighted by molar-refractivity contribution is -0.115. The van der Waals surface area contributed by atoms with Gasteiger partial charge in [-0.3, -0.25) is 9.59 Å². The van der Waals surface area contributed by atoms with Gasteiger partial charge in [0.05, 0.1) is 21.9 Å². The molecule has 3 aromatic rings. The van der Waals surface area contributed by atoms with Gasteiger partial charge in [0, 0.05) is 16.3 Å². The van der Waals surface area contributed by atoms with Gasteiger partial charge in [-0.1, -0.05) is 17.7 Å². The Labute approximate surface area is 200 Å². The zero-order chi connectivity index (χ0) is 24.8. The minimum Gasteiger partial charge on any atom is -0.478 e. The molecule has 0 saturated carbocycles. The van der Waals surface area contributed by atoms with Crippen molar-refractivity contribution >= 4 is 46.9 Å². The SMILES string of the molecule is Cc1ccc(NC(=O)C(C)Sc2ccc(NC(=O)c3ccc(C(=O)O)cc3C(=O)O)cc2)cc1. The van der Waals surface area contributed by atoms with Crippen LogP contribution in [-0.4, -0.2) is 39.2 Å². The molecule has 9 heteroatoms. The second-order valence-electron chi connectivity index (χ2n) is 7.46. The van der Waals surface area contributed by atoms with Crippen molar-refractivity contribution in [3.8, 4) is 0 Å². The Balaban J connectivity index is 1.64. The Bertz CT molecular complexity index is 1240. The molecule has 0 saturated heterocycles. The number of thioether (sulfide) groups is 1. The van der Waals surface area contributed by atoms with E-state index in [-0.39, 0.29) is 22.3 Å². The van der Waals surface area contributed by atoms with Gasteiger partial charge in [-0.15, -0.1) is 11.8 Å². The summed E-state index contributed by atoms with van der Waals surface area (Å²) in [6.45, 7) is 3.76. The Morgan fingerprint density at radius 2 is 1.35 bits per heavy atom. The summed E-state index contributed by atoms with van der Waals surface area (Å²) in [5, 5.41) is 23.5. The van der Waals surface area contributed by atoms with Gasteiger partial charge in [-0.2, -0.15) is 0 Å². The number of aromatic carboxylic acids is 2. The summed E-state index contributed by atoms with van der Waals surface area (Å²) >= 11 is 1.35. The van der Waals surface area contributed by atoms with Crippen molar-refractivity contribution in [1.29, 1.82) is 0 Å². The molecule has 2 amide bonds. The Morgan fingerprint density at radius 3 is 1.94 bits per heavy atom. The van der Waals surface area contributed by atoms with Crippen LogP contribution >= 0.6 is 11.8 Å². The first-order valence-corrected chi connectivity index (χ1v) is 11.1. The van der Waals surface area contributed by atoms with E-state index < -0.39 is 23.4 Å². The molecule has 0 aliphatic rings. The van der Waals surface area contributed by atoms with Crippen LogP contribution in [0.25, 0.3) is 0 Å². The van der Waals surface area contributed by atoms with Crippen molar-refractivity contribution in [3.05, 3.63) is 89.0 Å². The number of carbonyl (C=O) groups is 4. The molecule has 0 fully saturated rings. The lowest BCUT2D eigenvalue weighted by Crippen LogP contribution is -2.22. The van der Waals surface area contributed by atoms with Crippen LogP contribution in [0.1, 0.15) is 43.6 Å². The van der Waals surface area contributed by atoms with Crippen molar-refractivity contribution in [1.82, 2.24) is 0 Å². The average Bonchev–Trinajstić information content (AvgIpc) is 2.81. The van der Waals surface area contributed by atoms with Crippen molar-refractivity contribution < 1.29 is 29.4 Å². The number of carboxylic acid groups (broad SMARTS) is 2. The second-order valence-corrected chi connectivity index (χ2v) is 8.88. The van der Waals surface area contributed by atoms with E-state index in [9.17, 15) is 24.3 Å². The van der Waals surface area contributed by atoms with E-state index >= 15 is 0 Å². The van der Waals surface area contributed by atoms with E-state index in [1.807, 2.05) is 31.2 Å². The van der Waals surface area contributed by atoms with Crippen LogP contribution in [0.2, 0.25) is 0 Å². The van der Waals surface area contributed by atoms with Crippen LogP contribution < -0.4 is 10.6 Å². The van der Waals surface area contributed by atoms with Crippen LogP contribution in [-0.2, 0) is 4.79 Å². The van der Waals surface area contributed by atoms with E-state index in [2.05, 4.69) is 10.6 Å². The highest BCUT2D eigenvalue weighted by atomic mass is 32.2. The molecule has 0 spiro atoms. The van der Waals surface area contributed by atoms with E-state index in [1.54, 1.807) is 31.2 Å². The van der Waals surface area contributed by atoms with Crippen LogP contribution in [0.5, 0.6) is 0 Å². The van der Waals surface area contributed by atoms with E-state index in [0.717, 1.165) is 22.2 Å². The van der Waals surface area contributed by atoms with Gasteiger partial charge in [0.25, 0.3) is 5.91 Å². The minimum atomic E-state index is -1.40. The van der Waals surface area contributed by atoms with Crippen molar-refractivity contribution in [3.63, 3.8) is 0 Å².